The van der Waals surface area contributed by atoms with Gasteiger partial charge in [-0.15, -0.1) is 0 Å². The van der Waals surface area contributed by atoms with Crippen LogP contribution in [-0.2, 0) is 4.74 Å². The third kappa shape index (κ3) is 15.9. The number of nitrogens with one attached hydrogen (secondary N) is 1. The van der Waals surface area contributed by atoms with Crippen molar-refractivity contribution in [3.8, 4) is 0 Å². The minimum atomic E-state index is -0.400. The van der Waals surface area contributed by atoms with Crippen LogP contribution in [0.4, 0.5) is 0 Å². The van der Waals surface area contributed by atoms with Crippen molar-refractivity contribution in [3.05, 3.63) is 0 Å². The van der Waals surface area contributed by atoms with Gasteiger partial charge in [0.1, 0.15) is 0 Å². The minimum Gasteiger partial charge on any atom is -0.389 e. The van der Waals surface area contributed by atoms with Gasteiger partial charge in [-0.3, -0.25) is 0 Å². The lowest BCUT2D eigenvalue weighted by atomic mass is 10.1. The molecule has 0 amide bonds. The molecule has 0 bridgehead atoms. The van der Waals surface area contributed by atoms with E-state index < -0.39 is 6.10 Å². The summed E-state index contributed by atoms with van der Waals surface area (Å²) in [6, 6.07) is 0. The molecule has 2 N–H and O–H groups in total. The fraction of sp³-hybridized carbons (Fsp3) is 1.00. The first-order valence-electron chi connectivity index (χ1n) is 8.46. The highest BCUT2D eigenvalue weighted by Gasteiger charge is 2.11. The minimum absolute atomic E-state index is 0.0543. The van der Waals surface area contributed by atoms with Gasteiger partial charge in [0.05, 0.1) is 12.7 Å². The van der Waals surface area contributed by atoms with Crippen molar-refractivity contribution >= 4 is 0 Å². The van der Waals surface area contributed by atoms with E-state index in [4.69, 9.17) is 4.74 Å². The molecule has 0 fully saturated rings. The molecule has 20 heavy (non-hydrogen) atoms. The lowest BCUT2D eigenvalue weighted by Crippen LogP contribution is -2.42. The number of hydrogen-bond acceptors (Lipinski definition) is 3. The highest BCUT2D eigenvalue weighted by molar-refractivity contribution is 4.72. The molecular formula is C17H37NO2. The van der Waals surface area contributed by atoms with E-state index in [9.17, 15) is 5.11 Å². The normalized spacial score (nSPS) is 13.7. The van der Waals surface area contributed by atoms with Crippen molar-refractivity contribution in [2.45, 2.75) is 90.7 Å². The monoisotopic (exact) mass is 287 g/mol. The molecule has 0 aliphatic carbocycles. The quantitative estimate of drug-likeness (QED) is 0.505. The Morgan fingerprint density at radius 1 is 0.950 bits per heavy atom. The molecule has 0 aliphatic heterocycles. The number of rotatable bonds is 13. The van der Waals surface area contributed by atoms with Crippen molar-refractivity contribution in [1.29, 1.82) is 0 Å². The molecule has 0 aromatic carbocycles. The predicted molar refractivity (Wildman–Crippen MR) is 87.2 cm³/mol. The van der Waals surface area contributed by atoms with Crippen LogP contribution in [0.2, 0.25) is 0 Å². The largest absolute Gasteiger partial charge is 0.389 e. The fourth-order valence-electron chi connectivity index (χ4n) is 2.04. The van der Waals surface area contributed by atoms with E-state index in [1.165, 1.54) is 44.9 Å². The van der Waals surface area contributed by atoms with E-state index in [2.05, 4.69) is 33.0 Å². The zero-order valence-electron chi connectivity index (χ0n) is 14.2. The van der Waals surface area contributed by atoms with Crippen LogP contribution in [0.5, 0.6) is 0 Å². The Morgan fingerprint density at radius 3 is 2.05 bits per heavy atom. The predicted octanol–water partition coefficient (Wildman–Crippen LogP) is 3.89. The Morgan fingerprint density at radius 2 is 1.50 bits per heavy atom. The summed E-state index contributed by atoms with van der Waals surface area (Å²) < 4.78 is 5.52. The number of ether oxygens (including phenoxy) is 1. The summed E-state index contributed by atoms with van der Waals surface area (Å²) in [5.74, 6) is 0. The number of aliphatic hydroxyl groups excluding tert-OH is 1. The zero-order chi connectivity index (χ0) is 15.3. The zero-order valence-corrected chi connectivity index (χ0v) is 14.2. The molecule has 0 aliphatic rings. The maximum Gasteiger partial charge on any atom is 0.0897 e. The average molecular weight is 287 g/mol. The highest BCUT2D eigenvalue weighted by atomic mass is 16.5. The van der Waals surface area contributed by atoms with E-state index >= 15 is 0 Å². The van der Waals surface area contributed by atoms with E-state index in [1.54, 1.807) is 0 Å². The third-order valence-corrected chi connectivity index (χ3v) is 3.32. The van der Waals surface area contributed by atoms with Gasteiger partial charge in [-0.1, -0.05) is 51.9 Å². The second-order valence-electron chi connectivity index (χ2n) is 6.83. The Kier molecular flexibility index (Phi) is 12.5. The van der Waals surface area contributed by atoms with Gasteiger partial charge in [-0.2, -0.15) is 0 Å². The molecule has 122 valence electrons. The summed E-state index contributed by atoms with van der Waals surface area (Å²) >= 11 is 0. The van der Waals surface area contributed by atoms with Crippen molar-refractivity contribution in [2.75, 3.05) is 19.8 Å². The van der Waals surface area contributed by atoms with Gasteiger partial charge in [0, 0.05) is 18.7 Å². The van der Waals surface area contributed by atoms with Crippen LogP contribution in [-0.4, -0.2) is 36.5 Å². The second kappa shape index (κ2) is 12.6. The Labute approximate surface area is 126 Å². The maximum absolute atomic E-state index is 9.75. The van der Waals surface area contributed by atoms with Crippen LogP contribution >= 0.6 is 0 Å². The van der Waals surface area contributed by atoms with Crippen molar-refractivity contribution in [3.63, 3.8) is 0 Å². The molecule has 0 saturated heterocycles. The number of aliphatic hydroxyl groups is 1. The maximum atomic E-state index is 9.75. The van der Waals surface area contributed by atoms with Crippen molar-refractivity contribution in [1.82, 2.24) is 5.32 Å². The van der Waals surface area contributed by atoms with Gasteiger partial charge >= 0.3 is 0 Å². The summed E-state index contributed by atoms with van der Waals surface area (Å²) in [5.41, 5.74) is 0.0543. The number of unbranched alkanes of at least 4 members (excludes halogenated alkanes) is 7. The van der Waals surface area contributed by atoms with Gasteiger partial charge in [-0.25, -0.2) is 0 Å². The summed E-state index contributed by atoms with van der Waals surface area (Å²) in [5, 5.41) is 13.0. The molecule has 1 unspecified atom stereocenters. The van der Waals surface area contributed by atoms with Crippen LogP contribution in [0.15, 0.2) is 0 Å². The average Bonchev–Trinajstić information content (AvgIpc) is 2.38. The number of β-amino-alcohol motifs (C(OH)–C–C–N with tert-alkyl or cyclic N) is 1. The van der Waals surface area contributed by atoms with Crippen LogP contribution in [0.3, 0.4) is 0 Å². The second-order valence-corrected chi connectivity index (χ2v) is 6.83. The Hall–Kier alpha value is -0.120. The van der Waals surface area contributed by atoms with Gasteiger partial charge in [0.25, 0.3) is 0 Å². The Balaban J connectivity index is 3.19. The van der Waals surface area contributed by atoms with Crippen LogP contribution in [0.25, 0.3) is 0 Å². The van der Waals surface area contributed by atoms with E-state index in [0.717, 1.165) is 13.0 Å². The van der Waals surface area contributed by atoms with Gasteiger partial charge in [0.15, 0.2) is 0 Å². The molecule has 0 saturated carbocycles. The Bertz CT molecular complexity index is 202. The lowest BCUT2D eigenvalue weighted by molar-refractivity contribution is 0.0326. The van der Waals surface area contributed by atoms with E-state index in [1.807, 2.05) is 0 Å². The van der Waals surface area contributed by atoms with Gasteiger partial charge in [-0.05, 0) is 27.2 Å². The highest BCUT2D eigenvalue weighted by Crippen LogP contribution is 2.08. The first-order chi connectivity index (χ1) is 9.45. The SMILES string of the molecule is CCCCCCCCCCOCC(O)CNC(C)(C)C. The molecule has 0 spiro atoms. The molecule has 0 rings (SSSR count). The molecule has 0 heterocycles. The van der Waals surface area contributed by atoms with Crippen LogP contribution in [0.1, 0.15) is 79.1 Å². The number of hydrogen-bond donors (Lipinski definition) is 2. The molecular weight excluding hydrogens is 250 g/mol. The summed E-state index contributed by atoms with van der Waals surface area (Å²) in [6.07, 6.45) is 10.1. The molecule has 3 nitrogen and oxygen atoms in total. The molecule has 0 aromatic rings. The van der Waals surface area contributed by atoms with Gasteiger partial charge < -0.3 is 15.2 Å². The first kappa shape index (κ1) is 19.9. The summed E-state index contributed by atoms with van der Waals surface area (Å²) in [7, 11) is 0. The summed E-state index contributed by atoms with van der Waals surface area (Å²) in [4.78, 5) is 0. The third-order valence-electron chi connectivity index (χ3n) is 3.32. The van der Waals surface area contributed by atoms with Crippen molar-refractivity contribution in [2.24, 2.45) is 0 Å². The smallest absolute Gasteiger partial charge is 0.0897 e. The fourth-order valence-corrected chi connectivity index (χ4v) is 2.04. The molecule has 3 heteroatoms. The molecule has 1 atom stereocenters. The van der Waals surface area contributed by atoms with Gasteiger partial charge in [0.2, 0.25) is 0 Å². The lowest BCUT2D eigenvalue weighted by Gasteiger charge is -2.22. The standard InChI is InChI=1S/C17H37NO2/c1-5-6-7-8-9-10-11-12-13-20-15-16(19)14-18-17(2,3)4/h16,18-19H,5-15H2,1-4H3. The molecule has 0 aromatic heterocycles. The molecule has 0 radical (unpaired) electrons. The van der Waals surface area contributed by atoms with E-state index in [0.29, 0.717) is 13.2 Å². The summed E-state index contributed by atoms with van der Waals surface area (Å²) in [6.45, 7) is 10.4. The van der Waals surface area contributed by atoms with E-state index in [-0.39, 0.29) is 5.54 Å². The van der Waals surface area contributed by atoms with Crippen molar-refractivity contribution < 1.29 is 9.84 Å². The van der Waals surface area contributed by atoms with Crippen LogP contribution in [0, 0.1) is 0 Å². The topological polar surface area (TPSA) is 41.5 Å². The van der Waals surface area contributed by atoms with Crippen LogP contribution < -0.4 is 5.32 Å². The first-order valence-corrected chi connectivity index (χ1v) is 8.46.